The van der Waals surface area contributed by atoms with Crippen molar-refractivity contribution < 1.29 is 8.42 Å². The summed E-state index contributed by atoms with van der Waals surface area (Å²) in [5.74, 6) is 1.67. The van der Waals surface area contributed by atoms with Gasteiger partial charge < -0.3 is 0 Å². The summed E-state index contributed by atoms with van der Waals surface area (Å²) in [5.41, 5.74) is 0. The number of hydrogen-bond donors (Lipinski definition) is 0. The molecule has 2 rings (SSSR count). The number of rotatable bonds is 2. The van der Waals surface area contributed by atoms with Gasteiger partial charge >= 0.3 is 0 Å². The van der Waals surface area contributed by atoms with Crippen molar-refractivity contribution in [2.75, 3.05) is 24.6 Å². The summed E-state index contributed by atoms with van der Waals surface area (Å²) >= 11 is 13.4. The topological polar surface area (TPSA) is 37.4 Å². The molecule has 0 aliphatic carbocycles. The van der Waals surface area contributed by atoms with E-state index in [1.165, 1.54) is 22.5 Å². The van der Waals surface area contributed by atoms with Crippen LogP contribution in [0.25, 0.3) is 0 Å². The average molecular weight is 312 g/mol. The van der Waals surface area contributed by atoms with E-state index in [-0.39, 0.29) is 9.92 Å². The first-order valence-corrected chi connectivity index (χ1v) is 8.40. The van der Waals surface area contributed by atoms with E-state index in [1.807, 2.05) is 0 Å². The summed E-state index contributed by atoms with van der Waals surface area (Å²) < 4.78 is 26.0. The summed E-state index contributed by atoms with van der Waals surface area (Å²) in [6.07, 6.45) is 0. The molecule has 1 heterocycles. The molecule has 3 nitrogen and oxygen atoms in total. The Morgan fingerprint density at radius 2 is 1.76 bits per heavy atom. The third-order valence-electron chi connectivity index (χ3n) is 2.50. The van der Waals surface area contributed by atoms with Gasteiger partial charge in [0.25, 0.3) is 0 Å². The molecule has 0 saturated carbocycles. The molecule has 0 radical (unpaired) electrons. The van der Waals surface area contributed by atoms with Crippen LogP contribution in [0.4, 0.5) is 0 Å². The molecule has 1 saturated heterocycles. The number of sulfonamides is 1. The lowest BCUT2D eigenvalue weighted by Gasteiger charge is -2.25. The zero-order valence-corrected chi connectivity index (χ0v) is 12.0. The molecule has 1 aromatic carbocycles. The largest absolute Gasteiger partial charge is 0.243 e. The summed E-state index contributed by atoms with van der Waals surface area (Å²) in [7, 11) is -3.42. The molecule has 0 unspecified atom stereocenters. The fourth-order valence-corrected chi connectivity index (χ4v) is 4.54. The second kappa shape index (κ2) is 5.36. The summed E-state index contributed by atoms with van der Waals surface area (Å²) in [4.78, 5) is 0.207. The van der Waals surface area contributed by atoms with E-state index in [2.05, 4.69) is 0 Å². The van der Waals surface area contributed by atoms with E-state index in [0.29, 0.717) is 18.1 Å². The number of nitrogens with zero attached hydrogens (tertiary/aromatic N) is 1. The smallest absolute Gasteiger partial charge is 0.207 e. The van der Waals surface area contributed by atoms with Gasteiger partial charge in [-0.2, -0.15) is 16.1 Å². The van der Waals surface area contributed by atoms with Crippen LogP contribution in [0.15, 0.2) is 23.1 Å². The van der Waals surface area contributed by atoms with Gasteiger partial charge in [-0.3, -0.25) is 0 Å². The Morgan fingerprint density at radius 3 is 2.35 bits per heavy atom. The van der Waals surface area contributed by atoms with Crippen molar-refractivity contribution in [2.24, 2.45) is 0 Å². The minimum atomic E-state index is -3.42. The van der Waals surface area contributed by atoms with Crippen LogP contribution in [0, 0.1) is 0 Å². The van der Waals surface area contributed by atoms with E-state index in [1.54, 1.807) is 11.8 Å². The van der Waals surface area contributed by atoms with Gasteiger partial charge in [0.2, 0.25) is 10.0 Å². The average Bonchev–Trinajstić information content (AvgIpc) is 2.33. The molecular formula is C10H11Cl2NO2S2. The van der Waals surface area contributed by atoms with E-state index < -0.39 is 10.0 Å². The van der Waals surface area contributed by atoms with Crippen molar-refractivity contribution in [3.63, 3.8) is 0 Å². The maximum absolute atomic E-state index is 12.3. The van der Waals surface area contributed by atoms with E-state index in [9.17, 15) is 8.42 Å². The normalized spacial score (nSPS) is 18.2. The lowest BCUT2D eigenvalue weighted by molar-refractivity contribution is 0.443. The van der Waals surface area contributed by atoms with Crippen LogP contribution in [-0.4, -0.2) is 37.3 Å². The predicted octanol–water partition coefficient (Wildman–Crippen LogP) is 2.73. The van der Waals surface area contributed by atoms with Crippen molar-refractivity contribution in [3.05, 3.63) is 28.2 Å². The maximum atomic E-state index is 12.3. The van der Waals surface area contributed by atoms with Gasteiger partial charge in [-0.05, 0) is 18.2 Å². The lowest BCUT2D eigenvalue weighted by Crippen LogP contribution is -2.37. The SMILES string of the molecule is O=S(=O)(c1ccc(Cl)c(Cl)c1)N1CCSCC1. The fraction of sp³-hybridized carbons (Fsp3) is 0.400. The molecule has 17 heavy (non-hydrogen) atoms. The lowest BCUT2D eigenvalue weighted by atomic mass is 10.4. The highest BCUT2D eigenvalue weighted by Gasteiger charge is 2.26. The summed E-state index contributed by atoms with van der Waals surface area (Å²) in [5, 5.41) is 0.624. The van der Waals surface area contributed by atoms with Crippen molar-refractivity contribution in [3.8, 4) is 0 Å². The highest BCUT2D eigenvalue weighted by atomic mass is 35.5. The molecule has 94 valence electrons. The molecule has 0 bridgehead atoms. The molecule has 1 aliphatic rings. The van der Waals surface area contributed by atoms with Gasteiger partial charge in [0.1, 0.15) is 0 Å². The Balaban J connectivity index is 2.33. The van der Waals surface area contributed by atoms with Gasteiger partial charge in [0.05, 0.1) is 14.9 Å². The van der Waals surface area contributed by atoms with Crippen molar-refractivity contribution >= 4 is 45.0 Å². The Labute approximate surface area is 115 Å². The third-order valence-corrected chi connectivity index (χ3v) is 6.08. The molecule has 1 fully saturated rings. The summed E-state index contributed by atoms with van der Waals surface area (Å²) in [6, 6.07) is 4.40. The standard InChI is InChI=1S/C10H11Cl2NO2S2/c11-9-2-1-8(7-10(9)12)17(14,15)13-3-5-16-6-4-13/h1-2,7H,3-6H2. The molecule has 0 spiro atoms. The van der Waals surface area contributed by atoms with E-state index in [0.717, 1.165) is 11.5 Å². The Hall–Kier alpha value is 0.0600. The van der Waals surface area contributed by atoms with Crippen LogP contribution >= 0.6 is 35.0 Å². The zero-order valence-electron chi connectivity index (χ0n) is 8.90. The van der Waals surface area contributed by atoms with Gasteiger partial charge in [-0.1, -0.05) is 23.2 Å². The van der Waals surface area contributed by atoms with Crippen LogP contribution in [0.1, 0.15) is 0 Å². The Bertz CT molecular complexity index is 513. The van der Waals surface area contributed by atoms with Crippen LogP contribution in [0.5, 0.6) is 0 Å². The van der Waals surface area contributed by atoms with Crippen LogP contribution in [0.3, 0.4) is 0 Å². The highest BCUT2D eigenvalue weighted by Crippen LogP contribution is 2.27. The Kier molecular flexibility index (Phi) is 4.26. The first kappa shape index (κ1) is 13.5. The number of thioether (sulfide) groups is 1. The number of benzene rings is 1. The summed E-state index contributed by atoms with van der Waals surface area (Å²) in [6.45, 7) is 1.10. The highest BCUT2D eigenvalue weighted by molar-refractivity contribution is 7.99. The van der Waals surface area contributed by atoms with Crippen LogP contribution < -0.4 is 0 Å². The number of halogens is 2. The monoisotopic (exact) mass is 311 g/mol. The minimum Gasteiger partial charge on any atom is -0.207 e. The van der Waals surface area contributed by atoms with Crippen molar-refractivity contribution in [1.29, 1.82) is 0 Å². The molecule has 0 atom stereocenters. The fourth-order valence-electron chi connectivity index (χ4n) is 1.57. The van der Waals surface area contributed by atoms with Gasteiger partial charge in [-0.15, -0.1) is 0 Å². The number of hydrogen-bond acceptors (Lipinski definition) is 3. The molecule has 0 N–H and O–H groups in total. The Morgan fingerprint density at radius 1 is 1.12 bits per heavy atom. The van der Waals surface area contributed by atoms with Gasteiger partial charge in [0.15, 0.2) is 0 Å². The second-order valence-electron chi connectivity index (χ2n) is 3.59. The van der Waals surface area contributed by atoms with Gasteiger partial charge in [-0.25, -0.2) is 8.42 Å². The van der Waals surface area contributed by atoms with Crippen molar-refractivity contribution in [2.45, 2.75) is 4.90 Å². The first-order chi connectivity index (χ1) is 8.01. The molecule has 0 aromatic heterocycles. The minimum absolute atomic E-state index is 0.207. The quantitative estimate of drug-likeness (QED) is 0.843. The van der Waals surface area contributed by atoms with Crippen LogP contribution in [-0.2, 0) is 10.0 Å². The molecule has 0 amide bonds. The molecule has 1 aromatic rings. The first-order valence-electron chi connectivity index (χ1n) is 5.05. The molecular weight excluding hydrogens is 301 g/mol. The maximum Gasteiger partial charge on any atom is 0.243 e. The molecule has 7 heteroatoms. The second-order valence-corrected chi connectivity index (χ2v) is 7.57. The molecule has 1 aliphatic heterocycles. The van der Waals surface area contributed by atoms with Crippen LogP contribution in [0.2, 0.25) is 10.0 Å². The third kappa shape index (κ3) is 2.90. The van der Waals surface area contributed by atoms with Crippen molar-refractivity contribution in [1.82, 2.24) is 4.31 Å². The van der Waals surface area contributed by atoms with E-state index >= 15 is 0 Å². The van der Waals surface area contributed by atoms with E-state index in [4.69, 9.17) is 23.2 Å². The van der Waals surface area contributed by atoms with Gasteiger partial charge in [0, 0.05) is 24.6 Å². The zero-order chi connectivity index (χ0) is 12.5. The predicted molar refractivity (Wildman–Crippen MR) is 72.5 cm³/mol.